The fourth-order valence-electron chi connectivity index (χ4n) is 7.89. The van der Waals surface area contributed by atoms with E-state index in [9.17, 15) is 29.7 Å². The molecule has 4 aliphatic heterocycles. The van der Waals surface area contributed by atoms with Crippen LogP contribution >= 0.6 is 0 Å². The van der Waals surface area contributed by atoms with E-state index < -0.39 is 66.4 Å². The van der Waals surface area contributed by atoms with Gasteiger partial charge < -0.3 is 48.5 Å². The van der Waals surface area contributed by atoms with E-state index in [1.807, 2.05) is 0 Å². The maximum Gasteiger partial charge on any atom is 0.330 e. The Morgan fingerprint density at radius 1 is 0.963 bits per heavy atom. The van der Waals surface area contributed by atoms with Gasteiger partial charge >= 0.3 is 17.9 Å². The molecule has 2 unspecified atom stereocenters. The van der Waals surface area contributed by atoms with E-state index in [0.29, 0.717) is 25.7 Å². The molecule has 0 aromatic carbocycles. The number of fused-ring (bicyclic) bond motifs is 6. The minimum Gasteiger partial charge on any atom is -0.466 e. The molecule has 4 rings (SSSR count). The Labute approximate surface area is 320 Å². The number of cyclic esters (lactones) is 1. The first-order valence-electron chi connectivity index (χ1n) is 19.9. The fourth-order valence-corrected chi connectivity index (χ4v) is 7.89. The molecule has 0 spiro atoms. The van der Waals surface area contributed by atoms with Gasteiger partial charge in [0.25, 0.3) is 0 Å². The highest BCUT2D eigenvalue weighted by Gasteiger charge is 2.57. The van der Waals surface area contributed by atoms with Crippen LogP contribution in [0.4, 0.5) is 0 Å². The van der Waals surface area contributed by atoms with Crippen LogP contribution in [-0.4, -0.2) is 108 Å². The average Bonchev–Trinajstić information content (AvgIpc) is 3.11. The number of carbonyl (C=O) groups excluding carboxylic acids is 3. The van der Waals surface area contributed by atoms with Gasteiger partial charge in [-0.3, -0.25) is 9.59 Å². The number of hydrogen-bond donors (Lipinski definition) is 3. The predicted molar refractivity (Wildman–Crippen MR) is 198 cm³/mol. The predicted octanol–water partition coefficient (Wildman–Crippen LogP) is 5.27. The molecule has 0 aliphatic carbocycles. The second-order valence-corrected chi connectivity index (χ2v) is 15.8. The number of unbranched alkanes of at least 4 members (excludes halogenated alkanes) is 4. The maximum atomic E-state index is 13.4. The molecule has 0 amide bonds. The molecule has 4 aliphatic rings. The lowest BCUT2D eigenvalue weighted by Gasteiger charge is -2.51. The SMILES string of the molecule is C=CC[C@H]1CC2CC3CCC[C@@H](C[C@@H](O)CC(=O)O[C@@H](CO)C[C@@H]4CC(=CC(=O)OC)[C@H](OC(=O)CCCCCCC)[C@@](O)(O4)C(C)(C)C=C[C@H](O2)O1)O3. The molecule has 0 aromatic heterocycles. The van der Waals surface area contributed by atoms with Crippen molar-refractivity contribution in [2.24, 2.45) is 5.41 Å². The van der Waals surface area contributed by atoms with E-state index in [1.165, 1.54) is 13.2 Å². The number of esters is 3. The zero-order chi connectivity index (χ0) is 39.3. The molecule has 0 saturated carbocycles. The van der Waals surface area contributed by atoms with Gasteiger partial charge in [-0.1, -0.05) is 58.6 Å². The second kappa shape index (κ2) is 21.0. The van der Waals surface area contributed by atoms with Crippen LogP contribution in [0, 0.1) is 5.41 Å². The van der Waals surface area contributed by atoms with Crippen LogP contribution < -0.4 is 0 Å². The number of rotatable bonds is 11. The van der Waals surface area contributed by atoms with Crippen LogP contribution in [-0.2, 0) is 47.5 Å². The van der Waals surface area contributed by atoms with Crippen molar-refractivity contribution >= 4 is 17.9 Å². The van der Waals surface area contributed by atoms with Crippen molar-refractivity contribution in [3.63, 3.8) is 0 Å². The van der Waals surface area contributed by atoms with Gasteiger partial charge in [-0.25, -0.2) is 4.79 Å². The first-order valence-corrected chi connectivity index (χ1v) is 19.9. The van der Waals surface area contributed by atoms with E-state index in [0.717, 1.165) is 44.9 Å². The minimum atomic E-state index is -2.27. The molecule has 3 saturated heterocycles. The largest absolute Gasteiger partial charge is 0.466 e. The summed E-state index contributed by atoms with van der Waals surface area (Å²) in [6, 6.07) is 0. The summed E-state index contributed by atoms with van der Waals surface area (Å²) < 4.78 is 42.2. The number of ether oxygens (including phenoxy) is 7. The molecule has 10 atom stereocenters. The number of aliphatic hydroxyl groups is 3. The number of aliphatic hydroxyl groups excluding tert-OH is 2. The summed E-state index contributed by atoms with van der Waals surface area (Å²) in [5.74, 6) is -4.26. The molecule has 54 heavy (non-hydrogen) atoms. The Morgan fingerprint density at radius 3 is 2.39 bits per heavy atom. The van der Waals surface area contributed by atoms with Crippen molar-refractivity contribution in [2.45, 2.75) is 184 Å². The van der Waals surface area contributed by atoms with Gasteiger partial charge in [0.2, 0.25) is 5.79 Å². The maximum absolute atomic E-state index is 13.4. The van der Waals surface area contributed by atoms with E-state index >= 15 is 0 Å². The summed E-state index contributed by atoms with van der Waals surface area (Å²) in [4.78, 5) is 39.1. The standard InChI is InChI=1S/C41H64O13/c1-6-8-9-10-11-16-35(44)53-39-27(20-36(45)48-5)19-33-25-34(26-42)50-37(46)22-28(43)21-30-14-12-15-31(49-30)24-32-23-29(13-7-2)51-38(52-32)17-18-40(3,4)41(39,47)54-33/h7,17-18,20,28-34,38-39,42-43,47H,2,6,8-16,19,21-26H2,1,3-5H3/t28-,29+,30+,31?,32?,33+,34-,38+,39+,41-/m1/s1. The molecule has 0 aromatic rings. The minimum absolute atomic E-state index is 0.0116. The highest BCUT2D eigenvalue weighted by Crippen LogP contribution is 2.47. The Balaban J connectivity index is 1.72. The summed E-state index contributed by atoms with van der Waals surface area (Å²) in [7, 11) is 1.22. The number of methoxy groups -OCH3 is 1. The third-order valence-electron chi connectivity index (χ3n) is 10.9. The van der Waals surface area contributed by atoms with E-state index in [1.54, 1.807) is 32.1 Å². The molecule has 3 N–H and O–H groups in total. The van der Waals surface area contributed by atoms with Crippen molar-refractivity contribution in [2.75, 3.05) is 13.7 Å². The first-order chi connectivity index (χ1) is 25.8. The van der Waals surface area contributed by atoms with E-state index in [2.05, 4.69) is 13.5 Å². The monoisotopic (exact) mass is 764 g/mol. The molecular weight excluding hydrogens is 700 g/mol. The fraction of sp³-hybridized carbons (Fsp3) is 0.780. The third-order valence-corrected chi connectivity index (χ3v) is 10.9. The van der Waals surface area contributed by atoms with Crippen molar-refractivity contribution in [3.05, 3.63) is 36.5 Å². The Kier molecular flexibility index (Phi) is 17.2. The molecule has 306 valence electrons. The Morgan fingerprint density at radius 2 is 1.69 bits per heavy atom. The smallest absolute Gasteiger partial charge is 0.330 e. The Bertz CT molecular complexity index is 1300. The highest BCUT2D eigenvalue weighted by atomic mass is 16.7. The summed E-state index contributed by atoms with van der Waals surface area (Å²) in [5, 5.41) is 33.9. The van der Waals surface area contributed by atoms with Crippen molar-refractivity contribution < 1.29 is 62.9 Å². The summed E-state index contributed by atoms with van der Waals surface area (Å²) >= 11 is 0. The quantitative estimate of drug-likeness (QED) is 0.0816. The van der Waals surface area contributed by atoms with Gasteiger partial charge in [0, 0.05) is 43.6 Å². The van der Waals surface area contributed by atoms with Crippen molar-refractivity contribution in [1.29, 1.82) is 0 Å². The number of carbonyl (C=O) groups is 3. The van der Waals surface area contributed by atoms with Crippen LogP contribution in [0.2, 0.25) is 0 Å². The van der Waals surface area contributed by atoms with Crippen LogP contribution in [0.3, 0.4) is 0 Å². The van der Waals surface area contributed by atoms with Crippen molar-refractivity contribution in [3.8, 4) is 0 Å². The lowest BCUT2D eigenvalue weighted by molar-refractivity contribution is -0.327. The lowest BCUT2D eigenvalue weighted by atomic mass is 9.74. The molecule has 13 heteroatoms. The topological polar surface area (TPSA) is 177 Å². The van der Waals surface area contributed by atoms with Gasteiger partial charge in [-0.05, 0) is 50.2 Å². The zero-order valence-electron chi connectivity index (χ0n) is 32.7. The second-order valence-electron chi connectivity index (χ2n) is 15.8. The summed E-state index contributed by atoms with van der Waals surface area (Å²) in [5.41, 5.74) is -1.08. The van der Waals surface area contributed by atoms with E-state index in [4.69, 9.17) is 33.2 Å². The van der Waals surface area contributed by atoms with Crippen LogP contribution in [0.15, 0.2) is 36.5 Å². The van der Waals surface area contributed by atoms with Gasteiger partial charge in [-0.15, -0.1) is 6.58 Å². The molecule has 13 nitrogen and oxygen atoms in total. The van der Waals surface area contributed by atoms with Crippen LogP contribution in [0.5, 0.6) is 0 Å². The molecular formula is C41H64O13. The van der Waals surface area contributed by atoms with Gasteiger partial charge in [0.1, 0.15) is 6.10 Å². The zero-order valence-corrected chi connectivity index (χ0v) is 32.7. The molecule has 6 bridgehead atoms. The molecule has 4 heterocycles. The summed E-state index contributed by atoms with van der Waals surface area (Å²) in [6.45, 7) is 8.86. The average molecular weight is 765 g/mol. The highest BCUT2D eigenvalue weighted by molar-refractivity contribution is 5.83. The van der Waals surface area contributed by atoms with Crippen LogP contribution in [0.1, 0.15) is 124 Å². The third kappa shape index (κ3) is 12.7. The van der Waals surface area contributed by atoms with Crippen molar-refractivity contribution in [1.82, 2.24) is 0 Å². The van der Waals surface area contributed by atoms with E-state index in [-0.39, 0.29) is 62.1 Å². The van der Waals surface area contributed by atoms with Gasteiger partial charge in [0.05, 0.1) is 56.8 Å². The molecule has 3 fully saturated rings. The van der Waals surface area contributed by atoms with Crippen LogP contribution in [0.25, 0.3) is 0 Å². The number of hydrogen-bond acceptors (Lipinski definition) is 13. The normalized spacial score (nSPS) is 35.7. The molecule has 0 radical (unpaired) electrons. The lowest BCUT2D eigenvalue weighted by Crippen LogP contribution is -2.62. The summed E-state index contributed by atoms with van der Waals surface area (Å²) in [6.07, 6.45) is 9.26. The Hall–Kier alpha value is -2.65. The van der Waals surface area contributed by atoms with Gasteiger partial charge in [-0.2, -0.15) is 0 Å². The first kappa shape index (κ1) is 44.1. The van der Waals surface area contributed by atoms with Gasteiger partial charge in [0.15, 0.2) is 12.4 Å².